The van der Waals surface area contributed by atoms with Crippen LogP contribution in [0.25, 0.3) is 0 Å². The standard InChI is InChI=1S/C19H29N3O3/c1-25-12-6-11-20-18(23)14-21-17-10-5-7-15(13-17)19(24)22-16-8-3-2-4-9-16/h5,7,10,13,16,21H,2-4,6,8-9,11-12,14H2,1H3,(H,20,23)(H,22,24). The first-order valence-electron chi connectivity index (χ1n) is 9.09. The molecule has 0 radical (unpaired) electrons. The van der Waals surface area contributed by atoms with Crippen LogP contribution in [-0.4, -0.2) is 44.7 Å². The van der Waals surface area contributed by atoms with E-state index in [2.05, 4.69) is 16.0 Å². The second-order valence-electron chi connectivity index (χ2n) is 6.44. The van der Waals surface area contributed by atoms with Crippen molar-refractivity contribution < 1.29 is 14.3 Å². The fourth-order valence-corrected chi connectivity index (χ4v) is 2.98. The molecule has 1 aliphatic carbocycles. The predicted octanol–water partition coefficient (Wildman–Crippen LogP) is 2.31. The summed E-state index contributed by atoms with van der Waals surface area (Å²) in [5, 5.41) is 8.99. The maximum absolute atomic E-state index is 12.4. The summed E-state index contributed by atoms with van der Waals surface area (Å²) in [6, 6.07) is 7.56. The average molecular weight is 347 g/mol. The maximum Gasteiger partial charge on any atom is 0.251 e. The number of methoxy groups -OCH3 is 1. The van der Waals surface area contributed by atoms with Gasteiger partial charge in [0.1, 0.15) is 0 Å². The van der Waals surface area contributed by atoms with Crippen molar-refractivity contribution in [2.75, 3.05) is 32.1 Å². The highest BCUT2D eigenvalue weighted by Crippen LogP contribution is 2.18. The zero-order valence-electron chi connectivity index (χ0n) is 15.0. The number of hydrogen-bond acceptors (Lipinski definition) is 4. The minimum atomic E-state index is -0.0758. The minimum absolute atomic E-state index is 0.0421. The quantitative estimate of drug-likeness (QED) is 0.599. The molecule has 0 saturated heterocycles. The van der Waals surface area contributed by atoms with Gasteiger partial charge in [0.25, 0.3) is 5.91 Å². The molecule has 0 atom stereocenters. The van der Waals surface area contributed by atoms with E-state index in [1.807, 2.05) is 12.1 Å². The van der Waals surface area contributed by atoms with E-state index in [0.717, 1.165) is 24.9 Å². The van der Waals surface area contributed by atoms with Gasteiger partial charge in [0.2, 0.25) is 5.91 Å². The van der Waals surface area contributed by atoms with Gasteiger partial charge in [-0.15, -0.1) is 0 Å². The Hall–Kier alpha value is -2.08. The molecule has 0 unspecified atom stereocenters. The first kappa shape index (κ1) is 19.2. The van der Waals surface area contributed by atoms with Gasteiger partial charge in [-0.05, 0) is 37.5 Å². The first-order chi connectivity index (χ1) is 12.2. The number of carbonyl (C=O) groups is 2. The predicted molar refractivity (Wildman–Crippen MR) is 98.8 cm³/mol. The molecule has 138 valence electrons. The summed E-state index contributed by atoms with van der Waals surface area (Å²) in [4.78, 5) is 24.1. The molecule has 2 amide bonds. The lowest BCUT2D eigenvalue weighted by atomic mass is 9.95. The molecule has 25 heavy (non-hydrogen) atoms. The SMILES string of the molecule is COCCCNC(=O)CNc1cccc(C(=O)NC2CCCCC2)c1. The Morgan fingerprint density at radius 3 is 2.76 bits per heavy atom. The van der Waals surface area contributed by atoms with Gasteiger partial charge in [0, 0.05) is 37.6 Å². The maximum atomic E-state index is 12.4. The van der Waals surface area contributed by atoms with Crippen LogP contribution in [0.3, 0.4) is 0 Å². The minimum Gasteiger partial charge on any atom is -0.385 e. The van der Waals surface area contributed by atoms with Gasteiger partial charge in [-0.1, -0.05) is 25.3 Å². The van der Waals surface area contributed by atoms with Crippen LogP contribution in [0.1, 0.15) is 48.9 Å². The fourth-order valence-electron chi connectivity index (χ4n) is 2.98. The molecule has 0 bridgehead atoms. The molecule has 1 aromatic rings. The van der Waals surface area contributed by atoms with Crippen LogP contribution in [0.5, 0.6) is 0 Å². The van der Waals surface area contributed by atoms with E-state index in [1.165, 1.54) is 19.3 Å². The molecular weight excluding hydrogens is 318 g/mol. The number of ether oxygens (including phenoxy) is 1. The second-order valence-corrected chi connectivity index (χ2v) is 6.44. The Morgan fingerprint density at radius 1 is 1.20 bits per heavy atom. The van der Waals surface area contributed by atoms with Crippen LogP contribution < -0.4 is 16.0 Å². The zero-order valence-corrected chi connectivity index (χ0v) is 15.0. The summed E-state index contributed by atoms with van der Waals surface area (Å²) in [5.74, 6) is -0.118. The van der Waals surface area contributed by atoms with Crippen LogP contribution >= 0.6 is 0 Å². The molecule has 1 fully saturated rings. The molecule has 6 heteroatoms. The Balaban J connectivity index is 1.77. The van der Waals surface area contributed by atoms with E-state index in [-0.39, 0.29) is 24.4 Å². The van der Waals surface area contributed by atoms with Crippen LogP contribution in [0.15, 0.2) is 24.3 Å². The molecule has 0 aromatic heterocycles. The van der Waals surface area contributed by atoms with E-state index >= 15 is 0 Å². The molecule has 0 spiro atoms. The normalized spacial score (nSPS) is 14.8. The Bertz CT molecular complexity index is 557. The van der Waals surface area contributed by atoms with E-state index in [0.29, 0.717) is 18.7 Å². The summed E-state index contributed by atoms with van der Waals surface area (Å²) >= 11 is 0. The largest absolute Gasteiger partial charge is 0.385 e. The fraction of sp³-hybridized carbons (Fsp3) is 0.579. The summed E-state index contributed by atoms with van der Waals surface area (Å²) in [6.07, 6.45) is 6.55. The van der Waals surface area contributed by atoms with Crippen molar-refractivity contribution in [3.05, 3.63) is 29.8 Å². The molecule has 6 nitrogen and oxygen atoms in total. The number of carbonyl (C=O) groups excluding carboxylic acids is 2. The lowest BCUT2D eigenvalue weighted by molar-refractivity contribution is -0.119. The molecular formula is C19H29N3O3. The lowest BCUT2D eigenvalue weighted by Gasteiger charge is -2.22. The number of nitrogens with one attached hydrogen (secondary N) is 3. The third-order valence-electron chi connectivity index (χ3n) is 4.37. The third-order valence-corrected chi connectivity index (χ3v) is 4.37. The molecule has 0 heterocycles. The van der Waals surface area contributed by atoms with Gasteiger partial charge in [-0.3, -0.25) is 9.59 Å². The Morgan fingerprint density at radius 2 is 2.00 bits per heavy atom. The van der Waals surface area contributed by atoms with Crippen molar-refractivity contribution in [3.63, 3.8) is 0 Å². The van der Waals surface area contributed by atoms with Gasteiger partial charge < -0.3 is 20.7 Å². The topological polar surface area (TPSA) is 79.5 Å². The number of hydrogen-bond donors (Lipinski definition) is 3. The van der Waals surface area contributed by atoms with Gasteiger partial charge >= 0.3 is 0 Å². The van der Waals surface area contributed by atoms with Crippen molar-refractivity contribution in [3.8, 4) is 0 Å². The smallest absolute Gasteiger partial charge is 0.251 e. The van der Waals surface area contributed by atoms with Gasteiger partial charge in [0.05, 0.1) is 6.54 Å². The number of anilines is 1. The first-order valence-corrected chi connectivity index (χ1v) is 9.09. The monoisotopic (exact) mass is 347 g/mol. The lowest BCUT2D eigenvalue weighted by Crippen LogP contribution is -2.36. The number of amides is 2. The van der Waals surface area contributed by atoms with Crippen LogP contribution in [-0.2, 0) is 9.53 Å². The number of rotatable bonds is 9. The van der Waals surface area contributed by atoms with E-state index in [9.17, 15) is 9.59 Å². The summed E-state index contributed by atoms with van der Waals surface area (Å²) in [5.41, 5.74) is 1.39. The summed E-state index contributed by atoms with van der Waals surface area (Å²) in [6.45, 7) is 1.41. The van der Waals surface area contributed by atoms with Crippen molar-refractivity contribution in [2.24, 2.45) is 0 Å². The Labute approximate surface area is 149 Å². The summed E-state index contributed by atoms with van der Waals surface area (Å²) in [7, 11) is 1.64. The molecule has 3 N–H and O–H groups in total. The molecule has 1 saturated carbocycles. The average Bonchev–Trinajstić information content (AvgIpc) is 2.64. The highest BCUT2D eigenvalue weighted by atomic mass is 16.5. The van der Waals surface area contributed by atoms with E-state index in [4.69, 9.17) is 4.74 Å². The van der Waals surface area contributed by atoms with E-state index < -0.39 is 0 Å². The van der Waals surface area contributed by atoms with Gasteiger partial charge in [0.15, 0.2) is 0 Å². The van der Waals surface area contributed by atoms with Crippen molar-refractivity contribution in [1.82, 2.24) is 10.6 Å². The van der Waals surface area contributed by atoms with Gasteiger partial charge in [-0.2, -0.15) is 0 Å². The third kappa shape index (κ3) is 7.13. The van der Waals surface area contributed by atoms with Crippen LogP contribution in [0.2, 0.25) is 0 Å². The van der Waals surface area contributed by atoms with Crippen LogP contribution in [0.4, 0.5) is 5.69 Å². The van der Waals surface area contributed by atoms with E-state index in [1.54, 1.807) is 19.2 Å². The van der Waals surface area contributed by atoms with Crippen LogP contribution in [0, 0.1) is 0 Å². The zero-order chi connectivity index (χ0) is 17.9. The Kier molecular flexibility index (Phi) is 8.25. The molecule has 1 aliphatic rings. The number of benzene rings is 1. The second kappa shape index (κ2) is 10.7. The molecule has 0 aliphatic heterocycles. The molecule has 2 rings (SSSR count). The van der Waals surface area contributed by atoms with Crippen molar-refractivity contribution >= 4 is 17.5 Å². The van der Waals surface area contributed by atoms with Gasteiger partial charge in [-0.25, -0.2) is 0 Å². The highest BCUT2D eigenvalue weighted by molar-refractivity contribution is 5.95. The molecule has 1 aromatic carbocycles. The van der Waals surface area contributed by atoms with Crippen molar-refractivity contribution in [2.45, 2.75) is 44.6 Å². The summed E-state index contributed by atoms with van der Waals surface area (Å²) < 4.78 is 4.94. The van der Waals surface area contributed by atoms with Crippen molar-refractivity contribution in [1.29, 1.82) is 0 Å². The highest BCUT2D eigenvalue weighted by Gasteiger charge is 2.16.